The highest BCUT2D eigenvalue weighted by molar-refractivity contribution is 7.80. The van der Waals surface area contributed by atoms with Crippen LogP contribution in [0.25, 0.3) is 10.9 Å². The van der Waals surface area contributed by atoms with Crippen molar-refractivity contribution in [3.63, 3.8) is 0 Å². The Morgan fingerprint density at radius 1 is 1.21 bits per heavy atom. The minimum atomic E-state index is -0.539. The molecule has 1 unspecified atom stereocenters. The third kappa shape index (κ3) is 3.16. The van der Waals surface area contributed by atoms with E-state index in [0.29, 0.717) is 39.7 Å². The van der Waals surface area contributed by atoms with E-state index in [1.165, 1.54) is 37.0 Å². The summed E-state index contributed by atoms with van der Waals surface area (Å²) in [6, 6.07) is 8.01. The van der Waals surface area contributed by atoms with E-state index in [4.69, 9.17) is 12.2 Å². The molecule has 4 heterocycles. The number of rotatable bonds is 3. The van der Waals surface area contributed by atoms with Gasteiger partial charge in [-0.05, 0) is 61.7 Å². The molecule has 0 radical (unpaired) electrons. The molecule has 1 N–H and O–H groups in total. The van der Waals surface area contributed by atoms with Gasteiger partial charge in [0.15, 0.2) is 5.11 Å². The van der Waals surface area contributed by atoms with E-state index < -0.39 is 6.04 Å². The summed E-state index contributed by atoms with van der Waals surface area (Å²) in [6.07, 6.45) is 8.76. The largest absolute Gasteiger partial charge is 0.362 e. The minimum absolute atomic E-state index is 0.0337. The Morgan fingerprint density at radius 3 is 2.82 bits per heavy atom. The number of fused-ring (bicyclic) bond motifs is 6. The summed E-state index contributed by atoms with van der Waals surface area (Å²) in [5, 5.41) is 14.2. The molecule has 1 aromatic heterocycles. The molecular formula is C25H26N6O2S. The van der Waals surface area contributed by atoms with Crippen molar-refractivity contribution < 1.29 is 9.59 Å². The standard InChI is InChI=1S/C25H26N6O2S/c26-12-16-8-9-19(18-7-4-10-27-21(16)18)31-23(32)22-20-11-17(30(22)25(31)33)14-29(20)24(34)28-13-15-5-2-1-3-6-15/h4,7-10,15,17,20,22H,1-3,5-6,11,13-14H2,(H,28,34)/t17-,20?,22-/m1/s1. The first-order chi connectivity index (χ1) is 16.6. The molecule has 9 heteroatoms. The number of nitrogens with one attached hydrogen (secondary N) is 1. The van der Waals surface area contributed by atoms with Crippen LogP contribution in [-0.2, 0) is 4.79 Å². The topological polar surface area (TPSA) is 92.6 Å². The number of aromatic nitrogens is 1. The normalized spacial score (nSPS) is 26.3. The second-order valence-corrected chi connectivity index (χ2v) is 10.1. The number of pyridine rings is 1. The molecule has 34 heavy (non-hydrogen) atoms. The highest BCUT2D eigenvalue weighted by atomic mass is 32.1. The minimum Gasteiger partial charge on any atom is -0.362 e. The van der Waals surface area contributed by atoms with Gasteiger partial charge in [-0.1, -0.05) is 19.3 Å². The number of imide groups is 1. The van der Waals surface area contributed by atoms with Crippen LogP contribution in [0.15, 0.2) is 30.5 Å². The van der Waals surface area contributed by atoms with Crippen molar-refractivity contribution in [1.82, 2.24) is 20.1 Å². The Balaban J connectivity index is 1.24. The lowest BCUT2D eigenvalue weighted by atomic mass is 9.89. The van der Waals surface area contributed by atoms with Gasteiger partial charge in [-0.15, -0.1) is 0 Å². The fraction of sp³-hybridized carbons (Fsp3) is 0.480. The highest BCUT2D eigenvalue weighted by Crippen LogP contribution is 2.43. The molecule has 0 spiro atoms. The van der Waals surface area contributed by atoms with E-state index in [1.807, 2.05) is 0 Å². The predicted octanol–water partition coefficient (Wildman–Crippen LogP) is 3.15. The van der Waals surface area contributed by atoms with Crippen LogP contribution in [0.4, 0.5) is 10.5 Å². The first kappa shape index (κ1) is 21.3. The Hall–Kier alpha value is -3.25. The van der Waals surface area contributed by atoms with Crippen LogP contribution in [0.5, 0.6) is 0 Å². The van der Waals surface area contributed by atoms with Gasteiger partial charge < -0.3 is 15.1 Å². The van der Waals surface area contributed by atoms with E-state index in [1.54, 1.807) is 35.4 Å². The maximum atomic E-state index is 13.6. The van der Waals surface area contributed by atoms with Crippen LogP contribution >= 0.6 is 12.2 Å². The van der Waals surface area contributed by atoms with Gasteiger partial charge in [0.2, 0.25) is 0 Å². The number of carbonyl (C=O) groups excluding carboxylic acids is 2. The number of nitrogens with zero attached hydrogens (tertiary/aromatic N) is 5. The number of anilines is 1. The van der Waals surface area contributed by atoms with Crippen molar-refractivity contribution in [2.45, 2.75) is 56.7 Å². The second kappa shape index (κ2) is 8.20. The zero-order valence-corrected chi connectivity index (χ0v) is 19.6. The number of thiocarbonyl (C=S) groups is 1. The second-order valence-electron chi connectivity index (χ2n) is 9.75. The molecule has 3 aliphatic heterocycles. The van der Waals surface area contributed by atoms with E-state index in [0.717, 1.165) is 13.0 Å². The summed E-state index contributed by atoms with van der Waals surface area (Å²) in [5.41, 5.74) is 1.39. The monoisotopic (exact) mass is 474 g/mol. The SMILES string of the molecule is N#Cc1ccc(N2C(=O)[C@H]3C4C[C@H](CN4C(=S)NCC4CCCCC4)N3C2=O)c2cccnc12. The average Bonchev–Trinajstić information content (AvgIpc) is 3.54. The summed E-state index contributed by atoms with van der Waals surface area (Å²) < 4.78 is 0. The zero-order valence-electron chi connectivity index (χ0n) is 18.8. The van der Waals surface area contributed by atoms with E-state index >= 15 is 0 Å². The van der Waals surface area contributed by atoms with Crippen LogP contribution in [-0.4, -0.2) is 63.0 Å². The van der Waals surface area contributed by atoms with Crippen LogP contribution < -0.4 is 10.2 Å². The number of nitriles is 1. The number of benzene rings is 1. The summed E-state index contributed by atoms with van der Waals surface area (Å²) >= 11 is 5.74. The van der Waals surface area contributed by atoms with E-state index in [9.17, 15) is 14.9 Å². The van der Waals surface area contributed by atoms with Gasteiger partial charge in [-0.25, -0.2) is 9.69 Å². The number of piperazine rings is 1. The van der Waals surface area contributed by atoms with Crippen LogP contribution in [0.3, 0.4) is 0 Å². The summed E-state index contributed by atoms with van der Waals surface area (Å²) in [6.45, 7) is 1.53. The number of hydrogen-bond donors (Lipinski definition) is 1. The Kier molecular flexibility index (Phi) is 5.14. The summed E-state index contributed by atoms with van der Waals surface area (Å²) in [5.74, 6) is 0.429. The molecule has 2 aromatic rings. The molecule has 1 aromatic carbocycles. The first-order valence-electron chi connectivity index (χ1n) is 12.1. The fourth-order valence-corrected chi connectivity index (χ4v) is 6.57. The summed E-state index contributed by atoms with van der Waals surface area (Å²) in [4.78, 5) is 36.6. The molecule has 174 valence electrons. The van der Waals surface area contributed by atoms with Crippen molar-refractivity contribution in [1.29, 1.82) is 5.26 Å². The van der Waals surface area contributed by atoms with Gasteiger partial charge >= 0.3 is 6.03 Å². The Bertz CT molecular complexity index is 1240. The third-order valence-corrected chi connectivity index (χ3v) is 8.28. The molecule has 1 aliphatic carbocycles. The fourth-order valence-electron chi connectivity index (χ4n) is 6.28. The zero-order chi connectivity index (χ0) is 23.4. The molecule has 3 amide bonds. The van der Waals surface area contributed by atoms with Crippen molar-refractivity contribution in [3.05, 3.63) is 36.0 Å². The molecule has 6 rings (SSSR count). The van der Waals surface area contributed by atoms with Crippen LogP contribution in [0.1, 0.15) is 44.1 Å². The lowest BCUT2D eigenvalue weighted by molar-refractivity contribution is -0.120. The number of amides is 3. The van der Waals surface area contributed by atoms with E-state index in [-0.39, 0.29) is 24.0 Å². The highest BCUT2D eigenvalue weighted by Gasteiger charge is 2.62. The van der Waals surface area contributed by atoms with Gasteiger partial charge in [-0.3, -0.25) is 9.78 Å². The Labute approximate surface area is 203 Å². The van der Waals surface area contributed by atoms with Crippen molar-refractivity contribution in [2.75, 3.05) is 18.0 Å². The summed E-state index contributed by atoms with van der Waals surface area (Å²) in [7, 11) is 0. The van der Waals surface area contributed by atoms with Gasteiger partial charge in [0.05, 0.1) is 28.9 Å². The molecule has 3 atom stereocenters. The molecular weight excluding hydrogens is 448 g/mol. The third-order valence-electron chi connectivity index (χ3n) is 7.90. The van der Waals surface area contributed by atoms with Gasteiger partial charge in [-0.2, -0.15) is 5.26 Å². The predicted molar refractivity (Wildman–Crippen MR) is 131 cm³/mol. The van der Waals surface area contributed by atoms with E-state index in [2.05, 4.69) is 21.3 Å². The van der Waals surface area contributed by atoms with Crippen molar-refractivity contribution in [3.8, 4) is 6.07 Å². The van der Waals surface area contributed by atoms with Crippen molar-refractivity contribution >= 4 is 45.9 Å². The number of hydrogen-bond acceptors (Lipinski definition) is 5. The number of carbonyl (C=O) groups is 2. The average molecular weight is 475 g/mol. The molecule has 2 bridgehead atoms. The van der Waals surface area contributed by atoms with Crippen LogP contribution in [0, 0.1) is 17.2 Å². The molecule has 4 fully saturated rings. The smallest absolute Gasteiger partial charge is 0.332 e. The Morgan fingerprint density at radius 2 is 2.03 bits per heavy atom. The van der Waals surface area contributed by atoms with Gasteiger partial charge in [0.25, 0.3) is 5.91 Å². The lowest BCUT2D eigenvalue weighted by Gasteiger charge is -2.37. The maximum Gasteiger partial charge on any atom is 0.332 e. The molecule has 1 saturated carbocycles. The van der Waals surface area contributed by atoms with Crippen molar-refractivity contribution in [2.24, 2.45) is 5.92 Å². The maximum absolute atomic E-state index is 13.6. The molecule has 3 saturated heterocycles. The number of likely N-dealkylation sites (tertiary alicyclic amines) is 1. The van der Waals surface area contributed by atoms with Crippen LogP contribution in [0.2, 0.25) is 0 Å². The van der Waals surface area contributed by atoms with Gasteiger partial charge in [0.1, 0.15) is 12.1 Å². The molecule has 4 aliphatic rings. The lowest BCUT2D eigenvalue weighted by Crippen LogP contribution is -2.57. The molecule has 8 nitrogen and oxygen atoms in total. The first-order valence-corrected chi connectivity index (χ1v) is 12.5. The van der Waals surface area contributed by atoms with Gasteiger partial charge in [0, 0.05) is 24.7 Å². The quantitative estimate of drug-likeness (QED) is 0.540. The number of urea groups is 1.